The van der Waals surface area contributed by atoms with Gasteiger partial charge in [0.1, 0.15) is 0 Å². The van der Waals surface area contributed by atoms with Gasteiger partial charge in [-0.05, 0) is 61.3 Å². The Balaban J connectivity index is 1.21. The first kappa shape index (κ1) is 21.2. The molecule has 30 heavy (non-hydrogen) atoms. The zero-order chi connectivity index (χ0) is 20.9. The van der Waals surface area contributed by atoms with Crippen LogP contribution in [-0.4, -0.2) is 59.9 Å². The number of carbonyl (C=O) groups is 1. The monoisotopic (exact) mass is 426 g/mol. The first-order valence-corrected chi connectivity index (χ1v) is 11.3. The number of piperidine rings is 1. The fraction of sp³-hybridized carbons (Fsp3) is 0.458. The summed E-state index contributed by atoms with van der Waals surface area (Å²) in [7, 11) is 0. The van der Waals surface area contributed by atoms with Gasteiger partial charge in [0, 0.05) is 55.9 Å². The van der Waals surface area contributed by atoms with Crippen molar-refractivity contribution in [2.45, 2.75) is 25.9 Å². The van der Waals surface area contributed by atoms with Gasteiger partial charge in [-0.2, -0.15) is 0 Å². The lowest BCUT2D eigenvalue weighted by Gasteiger charge is -2.38. The van der Waals surface area contributed by atoms with E-state index in [1.807, 2.05) is 30.3 Å². The molecule has 2 fully saturated rings. The highest BCUT2D eigenvalue weighted by Gasteiger charge is 2.30. The van der Waals surface area contributed by atoms with Crippen molar-refractivity contribution in [3.63, 3.8) is 0 Å². The molecule has 0 atom stereocenters. The van der Waals surface area contributed by atoms with Crippen LogP contribution < -0.4 is 5.73 Å². The van der Waals surface area contributed by atoms with Crippen molar-refractivity contribution in [1.29, 1.82) is 0 Å². The number of hydrogen-bond acceptors (Lipinski definition) is 4. The molecular formula is C24H31ClN4O. The number of nitrogen functional groups attached to an aromatic ring is 1. The molecule has 2 aromatic carbocycles. The van der Waals surface area contributed by atoms with Crippen LogP contribution in [0, 0.1) is 5.92 Å². The molecular weight excluding hydrogens is 396 g/mol. The summed E-state index contributed by atoms with van der Waals surface area (Å²) >= 11 is 6.10. The molecule has 2 heterocycles. The number of piperazine rings is 1. The summed E-state index contributed by atoms with van der Waals surface area (Å²) in [5.41, 5.74) is 9.09. The minimum absolute atomic E-state index is 0.173. The molecule has 2 aromatic rings. The van der Waals surface area contributed by atoms with Crippen molar-refractivity contribution in [1.82, 2.24) is 14.7 Å². The second-order valence-electron chi connectivity index (χ2n) is 8.52. The highest BCUT2D eigenvalue weighted by atomic mass is 35.5. The van der Waals surface area contributed by atoms with Crippen LogP contribution in [0.1, 0.15) is 24.0 Å². The minimum Gasteiger partial charge on any atom is -0.399 e. The molecule has 0 saturated carbocycles. The third kappa shape index (κ3) is 5.54. The molecule has 0 radical (unpaired) electrons. The summed E-state index contributed by atoms with van der Waals surface area (Å²) in [6.07, 6.45) is 1.91. The van der Waals surface area contributed by atoms with E-state index in [1.165, 1.54) is 11.1 Å². The quantitative estimate of drug-likeness (QED) is 0.743. The van der Waals surface area contributed by atoms with Crippen molar-refractivity contribution in [2.75, 3.05) is 45.0 Å². The topological polar surface area (TPSA) is 52.8 Å². The van der Waals surface area contributed by atoms with E-state index in [1.54, 1.807) is 0 Å². The van der Waals surface area contributed by atoms with Gasteiger partial charge in [0.15, 0.2) is 0 Å². The van der Waals surface area contributed by atoms with E-state index in [0.29, 0.717) is 5.91 Å². The summed E-state index contributed by atoms with van der Waals surface area (Å²) in [6, 6.07) is 16.1. The lowest BCUT2D eigenvalue weighted by atomic mass is 9.94. The van der Waals surface area contributed by atoms with Crippen molar-refractivity contribution in [2.24, 2.45) is 5.92 Å². The molecule has 160 valence electrons. The third-order valence-electron chi connectivity index (χ3n) is 6.30. The number of anilines is 1. The Hall–Kier alpha value is -2.08. The molecule has 0 aromatic heterocycles. The van der Waals surface area contributed by atoms with Gasteiger partial charge in [0.25, 0.3) is 0 Å². The first-order chi connectivity index (χ1) is 14.6. The van der Waals surface area contributed by atoms with Gasteiger partial charge >= 0.3 is 0 Å². The van der Waals surface area contributed by atoms with E-state index >= 15 is 0 Å². The normalized spacial score (nSPS) is 19.2. The molecule has 5 nitrogen and oxygen atoms in total. The standard InChI is InChI=1S/C24H31ClN4O/c25-22-3-1-2-20(16-22)18-28-12-14-29(15-13-28)24(30)21-8-10-27(11-9-21)17-19-4-6-23(26)7-5-19/h1-7,16,21H,8-15,17-18,26H2. The van der Waals surface area contributed by atoms with Gasteiger partial charge in [-0.3, -0.25) is 14.6 Å². The Kier molecular flexibility index (Phi) is 6.93. The molecule has 0 aliphatic carbocycles. The Morgan fingerprint density at radius 1 is 0.867 bits per heavy atom. The second kappa shape index (κ2) is 9.82. The van der Waals surface area contributed by atoms with E-state index in [0.717, 1.165) is 75.9 Å². The SMILES string of the molecule is Nc1ccc(CN2CCC(C(=O)N3CCN(Cc4cccc(Cl)c4)CC3)CC2)cc1. The van der Waals surface area contributed by atoms with Gasteiger partial charge in [-0.25, -0.2) is 0 Å². The largest absolute Gasteiger partial charge is 0.399 e. The first-order valence-electron chi connectivity index (χ1n) is 10.9. The predicted molar refractivity (Wildman–Crippen MR) is 122 cm³/mol. The molecule has 1 amide bonds. The number of hydrogen-bond donors (Lipinski definition) is 1. The highest BCUT2D eigenvalue weighted by molar-refractivity contribution is 6.30. The van der Waals surface area contributed by atoms with Crippen LogP contribution in [-0.2, 0) is 17.9 Å². The fourth-order valence-electron chi connectivity index (χ4n) is 4.50. The lowest BCUT2D eigenvalue weighted by Crippen LogP contribution is -2.51. The van der Waals surface area contributed by atoms with Crippen LogP contribution in [0.15, 0.2) is 48.5 Å². The number of rotatable bonds is 5. The van der Waals surface area contributed by atoms with Gasteiger partial charge in [-0.15, -0.1) is 0 Å². The smallest absolute Gasteiger partial charge is 0.225 e. The zero-order valence-corrected chi connectivity index (χ0v) is 18.2. The molecule has 2 aliphatic rings. The maximum Gasteiger partial charge on any atom is 0.225 e. The van der Waals surface area contributed by atoms with Crippen LogP contribution in [0.3, 0.4) is 0 Å². The van der Waals surface area contributed by atoms with E-state index in [-0.39, 0.29) is 5.92 Å². The Morgan fingerprint density at radius 3 is 2.17 bits per heavy atom. The Morgan fingerprint density at radius 2 is 1.50 bits per heavy atom. The molecule has 2 saturated heterocycles. The van der Waals surface area contributed by atoms with E-state index in [9.17, 15) is 4.79 Å². The molecule has 4 rings (SSSR count). The number of benzene rings is 2. The molecule has 0 bridgehead atoms. The fourth-order valence-corrected chi connectivity index (χ4v) is 4.71. The van der Waals surface area contributed by atoms with E-state index in [2.05, 4.69) is 32.9 Å². The third-order valence-corrected chi connectivity index (χ3v) is 6.54. The molecule has 0 spiro atoms. The molecule has 0 unspecified atom stereocenters. The van der Waals surface area contributed by atoms with Crippen LogP contribution in [0.25, 0.3) is 0 Å². The van der Waals surface area contributed by atoms with Crippen LogP contribution in [0.2, 0.25) is 5.02 Å². The average molecular weight is 427 g/mol. The highest BCUT2D eigenvalue weighted by Crippen LogP contribution is 2.22. The van der Waals surface area contributed by atoms with E-state index in [4.69, 9.17) is 17.3 Å². The summed E-state index contributed by atoms with van der Waals surface area (Å²) in [5.74, 6) is 0.525. The van der Waals surface area contributed by atoms with Crippen molar-refractivity contribution in [3.05, 3.63) is 64.7 Å². The van der Waals surface area contributed by atoms with Crippen molar-refractivity contribution >= 4 is 23.2 Å². The van der Waals surface area contributed by atoms with Gasteiger partial charge < -0.3 is 10.6 Å². The van der Waals surface area contributed by atoms with Gasteiger partial charge in [-0.1, -0.05) is 35.9 Å². The lowest BCUT2D eigenvalue weighted by molar-refractivity contribution is -0.139. The Labute approximate surface area is 184 Å². The second-order valence-corrected chi connectivity index (χ2v) is 8.96. The number of amides is 1. The minimum atomic E-state index is 0.173. The summed E-state index contributed by atoms with van der Waals surface area (Å²) < 4.78 is 0. The number of carbonyl (C=O) groups excluding carboxylic acids is 1. The van der Waals surface area contributed by atoms with Crippen LogP contribution in [0.4, 0.5) is 5.69 Å². The number of nitrogens with zero attached hydrogens (tertiary/aromatic N) is 3. The predicted octanol–water partition coefficient (Wildman–Crippen LogP) is 3.48. The van der Waals surface area contributed by atoms with Gasteiger partial charge in [0.05, 0.1) is 0 Å². The average Bonchev–Trinajstić information content (AvgIpc) is 2.76. The molecule has 6 heteroatoms. The van der Waals surface area contributed by atoms with Crippen molar-refractivity contribution in [3.8, 4) is 0 Å². The number of likely N-dealkylation sites (tertiary alicyclic amines) is 1. The summed E-state index contributed by atoms with van der Waals surface area (Å²) in [6.45, 7) is 7.29. The molecule has 2 aliphatic heterocycles. The molecule has 2 N–H and O–H groups in total. The maximum absolute atomic E-state index is 13.0. The summed E-state index contributed by atoms with van der Waals surface area (Å²) in [5, 5.41) is 0.782. The zero-order valence-electron chi connectivity index (χ0n) is 17.5. The van der Waals surface area contributed by atoms with Gasteiger partial charge in [0.2, 0.25) is 5.91 Å². The number of nitrogens with two attached hydrogens (primary N) is 1. The van der Waals surface area contributed by atoms with Crippen molar-refractivity contribution < 1.29 is 4.79 Å². The summed E-state index contributed by atoms with van der Waals surface area (Å²) in [4.78, 5) is 20.0. The maximum atomic E-state index is 13.0. The van der Waals surface area contributed by atoms with Crippen LogP contribution in [0.5, 0.6) is 0 Å². The Bertz CT molecular complexity index is 841. The number of halogens is 1. The van der Waals surface area contributed by atoms with Crippen LogP contribution >= 0.6 is 11.6 Å². The van der Waals surface area contributed by atoms with E-state index < -0.39 is 0 Å².